The van der Waals surface area contributed by atoms with E-state index in [1.165, 1.54) is 11.0 Å². The average molecular weight is 326 g/mol. The number of carbonyl (C=O) groups is 1. The number of hydrogen-bond acceptors (Lipinski definition) is 6. The number of benzene rings is 1. The van der Waals surface area contributed by atoms with Crippen LogP contribution in [0, 0.1) is 5.92 Å². The Morgan fingerprint density at radius 3 is 2.75 bits per heavy atom. The van der Waals surface area contributed by atoms with Crippen molar-refractivity contribution in [1.82, 2.24) is 30.7 Å². The summed E-state index contributed by atoms with van der Waals surface area (Å²) in [4.78, 5) is 12.2. The zero-order valence-corrected chi connectivity index (χ0v) is 13.5. The molecule has 0 aliphatic heterocycles. The first-order chi connectivity index (χ1) is 11.6. The predicted molar refractivity (Wildman–Crippen MR) is 85.4 cm³/mol. The van der Waals surface area contributed by atoms with E-state index in [0.717, 1.165) is 17.9 Å². The van der Waals surface area contributed by atoms with Gasteiger partial charge in [-0.1, -0.05) is 19.0 Å². The molecule has 0 fully saturated rings. The fraction of sp³-hybridized carbons (Fsp3) is 0.312. The number of rotatable bonds is 6. The van der Waals surface area contributed by atoms with E-state index in [1.807, 2.05) is 6.07 Å². The number of hydrogen-bond donors (Lipinski definition) is 1. The Kier molecular flexibility index (Phi) is 4.64. The van der Waals surface area contributed by atoms with Gasteiger partial charge in [0.25, 0.3) is 5.91 Å². The Morgan fingerprint density at radius 1 is 1.29 bits per heavy atom. The van der Waals surface area contributed by atoms with Gasteiger partial charge in [-0.05, 0) is 40.6 Å². The molecule has 0 unspecified atom stereocenters. The summed E-state index contributed by atoms with van der Waals surface area (Å²) in [5.41, 5.74) is 2.05. The van der Waals surface area contributed by atoms with Gasteiger partial charge in [0, 0.05) is 18.1 Å². The molecule has 0 atom stereocenters. The molecule has 2 heterocycles. The standard InChI is InChI=1S/C16H18N6O2/c1-11(2)7-15-8-13(19-24-15)9-17-16(23)12-3-5-14(6-4-12)22-10-18-20-21-22/h3-6,8,10-11H,7,9H2,1-2H3,(H,17,23). The fourth-order valence-corrected chi connectivity index (χ4v) is 2.26. The van der Waals surface area contributed by atoms with Gasteiger partial charge in [-0.2, -0.15) is 0 Å². The lowest BCUT2D eigenvalue weighted by Crippen LogP contribution is -2.22. The average Bonchev–Trinajstić information content (AvgIpc) is 3.24. The third-order valence-corrected chi connectivity index (χ3v) is 3.39. The quantitative estimate of drug-likeness (QED) is 0.741. The molecule has 1 N–H and O–H groups in total. The van der Waals surface area contributed by atoms with Crippen molar-refractivity contribution in [2.45, 2.75) is 26.8 Å². The zero-order chi connectivity index (χ0) is 16.9. The van der Waals surface area contributed by atoms with Gasteiger partial charge < -0.3 is 9.84 Å². The molecule has 8 nitrogen and oxygen atoms in total. The van der Waals surface area contributed by atoms with Gasteiger partial charge in [-0.3, -0.25) is 4.79 Å². The third kappa shape index (κ3) is 3.83. The SMILES string of the molecule is CC(C)Cc1cc(CNC(=O)c2ccc(-n3cnnn3)cc2)no1. The number of nitrogens with zero attached hydrogens (tertiary/aromatic N) is 5. The van der Waals surface area contributed by atoms with E-state index in [0.29, 0.717) is 23.7 Å². The van der Waals surface area contributed by atoms with E-state index in [1.54, 1.807) is 24.3 Å². The second-order valence-corrected chi connectivity index (χ2v) is 5.87. The van der Waals surface area contributed by atoms with Crippen LogP contribution >= 0.6 is 0 Å². The molecule has 124 valence electrons. The van der Waals surface area contributed by atoms with Gasteiger partial charge in [0.05, 0.1) is 12.2 Å². The first-order valence-corrected chi connectivity index (χ1v) is 7.68. The summed E-state index contributed by atoms with van der Waals surface area (Å²) in [6.07, 6.45) is 2.33. The summed E-state index contributed by atoms with van der Waals surface area (Å²) in [5.74, 6) is 1.16. The largest absolute Gasteiger partial charge is 0.361 e. The molecule has 0 aliphatic carbocycles. The Bertz CT molecular complexity index is 792. The third-order valence-electron chi connectivity index (χ3n) is 3.39. The molecular weight excluding hydrogens is 308 g/mol. The number of carbonyl (C=O) groups excluding carboxylic acids is 1. The maximum absolute atomic E-state index is 12.2. The molecule has 0 spiro atoms. The van der Waals surface area contributed by atoms with E-state index < -0.39 is 0 Å². The second kappa shape index (κ2) is 7.03. The van der Waals surface area contributed by atoms with Gasteiger partial charge in [-0.15, -0.1) is 5.10 Å². The molecule has 1 aromatic carbocycles. The van der Waals surface area contributed by atoms with E-state index in [9.17, 15) is 4.79 Å². The number of nitrogens with one attached hydrogen (secondary N) is 1. The van der Waals surface area contributed by atoms with E-state index in [4.69, 9.17) is 4.52 Å². The van der Waals surface area contributed by atoms with Gasteiger partial charge in [0.2, 0.25) is 0 Å². The summed E-state index contributed by atoms with van der Waals surface area (Å²) >= 11 is 0. The highest BCUT2D eigenvalue weighted by Gasteiger charge is 2.09. The molecule has 8 heteroatoms. The second-order valence-electron chi connectivity index (χ2n) is 5.87. The van der Waals surface area contributed by atoms with Crippen molar-refractivity contribution in [1.29, 1.82) is 0 Å². The van der Waals surface area contributed by atoms with Gasteiger partial charge in [0.1, 0.15) is 17.8 Å². The molecule has 3 rings (SSSR count). The first-order valence-electron chi connectivity index (χ1n) is 7.68. The van der Waals surface area contributed by atoms with Crippen LogP contribution in [0.4, 0.5) is 0 Å². The van der Waals surface area contributed by atoms with Crippen molar-refractivity contribution in [3.8, 4) is 5.69 Å². The Balaban J connectivity index is 1.58. The minimum Gasteiger partial charge on any atom is -0.361 e. The molecular formula is C16H18N6O2. The minimum absolute atomic E-state index is 0.174. The number of aromatic nitrogens is 5. The van der Waals surface area contributed by atoms with Crippen molar-refractivity contribution in [2.24, 2.45) is 5.92 Å². The van der Waals surface area contributed by atoms with E-state index >= 15 is 0 Å². The first kappa shape index (κ1) is 15.9. The van der Waals surface area contributed by atoms with E-state index in [2.05, 4.69) is 39.8 Å². The minimum atomic E-state index is -0.174. The molecule has 2 aromatic heterocycles. The monoisotopic (exact) mass is 326 g/mol. The van der Waals surface area contributed by atoms with Crippen LogP contribution in [0.1, 0.15) is 35.7 Å². The Morgan fingerprint density at radius 2 is 2.08 bits per heavy atom. The number of amides is 1. The van der Waals surface area contributed by atoms with Crippen LogP contribution in [0.25, 0.3) is 5.69 Å². The summed E-state index contributed by atoms with van der Waals surface area (Å²) in [6.45, 7) is 4.56. The van der Waals surface area contributed by atoms with Crippen molar-refractivity contribution in [2.75, 3.05) is 0 Å². The van der Waals surface area contributed by atoms with Crippen molar-refractivity contribution in [3.05, 3.63) is 53.7 Å². The van der Waals surface area contributed by atoms with Crippen LogP contribution in [0.3, 0.4) is 0 Å². The smallest absolute Gasteiger partial charge is 0.251 e. The van der Waals surface area contributed by atoms with Gasteiger partial charge in [0.15, 0.2) is 0 Å². The fourth-order valence-electron chi connectivity index (χ4n) is 2.26. The maximum Gasteiger partial charge on any atom is 0.251 e. The molecule has 3 aromatic rings. The van der Waals surface area contributed by atoms with Crippen LogP contribution in [0.2, 0.25) is 0 Å². The maximum atomic E-state index is 12.2. The van der Waals surface area contributed by atoms with Crippen molar-refractivity contribution in [3.63, 3.8) is 0 Å². The predicted octanol–water partition coefficient (Wildman–Crippen LogP) is 1.78. The molecule has 0 aliphatic rings. The lowest BCUT2D eigenvalue weighted by atomic mass is 10.1. The highest BCUT2D eigenvalue weighted by atomic mass is 16.5. The molecule has 0 saturated carbocycles. The molecule has 1 amide bonds. The summed E-state index contributed by atoms with van der Waals surface area (Å²) in [6, 6.07) is 8.88. The van der Waals surface area contributed by atoms with Crippen LogP contribution in [0.5, 0.6) is 0 Å². The highest BCUT2D eigenvalue weighted by molar-refractivity contribution is 5.94. The summed E-state index contributed by atoms with van der Waals surface area (Å²) < 4.78 is 6.77. The Labute approximate surface area is 138 Å². The summed E-state index contributed by atoms with van der Waals surface area (Å²) in [7, 11) is 0. The van der Waals surface area contributed by atoms with Crippen molar-refractivity contribution >= 4 is 5.91 Å². The van der Waals surface area contributed by atoms with Crippen LogP contribution in [-0.2, 0) is 13.0 Å². The molecule has 24 heavy (non-hydrogen) atoms. The number of tetrazole rings is 1. The van der Waals surface area contributed by atoms with Crippen LogP contribution in [0.15, 0.2) is 41.2 Å². The topological polar surface area (TPSA) is 98.7 Å². The Hall–Kier alpha value is -3.03. The van der Waals surface area contributed by atoms with Gasteiger partial charge in [-0.25, -0.2) is 4.68 Å². The molecule has 0 saturated heterocycles. The summed E-state index contributed by atoms with van der Waals surface area (Å²) in [5, 5.41) is 17.7. The highest BCUT2D eigenvalue weighted by Crippen LogP contribution is 2.11. The van der Waals surface area contributed by atoms with Crippen LogP contribution in [-0.4, -0.2) is 31.3 Å². The van der Waals surface area contributed by atoms with Crippen LogP contribution < -0.4 is 5.32 Å². The normalized spacial score (nSPS) is 11.0. The van der Waals surface area contributed by atoms with E-state index in [-0.39, 0.29) is 5.91 Å². The lowest BCUT2D eigenvalue weighted by Gasteiger charge is -2.04. The van der Waals surface area contributed by atoms with Crippen molar-refractivity contribution < 1.29 is 9.32 Å². The molecule has 0 bridgehead atoms. The molecule has 0 radical (unpaired) electrons. The van der Waals surface area contributed by atoms with Gasteiger partial charge >= 0.3 is 0 Å². The lowest BCUT2D eigenvalue weighted by molar-refractivity contribution is 0.0950. The zero-order valence-electron chi connectivity index (χ0n) is 13.5.